The molecule has 10 rings (SSSR count). The summed E-state index contributed by atoms with van der Waals surface area (Å²) in [7, 11) is -5.71. The van der Waals surface area contributed by atoms with E-state index in [1.807, 2.05) is 57.5 Å². The molecule has 6 aromatic carbocycles. The topological polar surface area (TPSA) is 339 Å². The molecule has 3 atom stereocenters. The third-order valence-corrected chi connectivity index (χ3v) is 28.0. The van der Waals surface area contributed by atoms with Crippen LogP contribution in [0.25, 0.3) is 0 Å². The number of rotatable bonds is 52. The highest BCUT2D eigenvalue weighted by atomic mass is 35.5. The summed E-state index contributed by atoms with van der Waals surface area (Å²) >= 11 is 39.1. The summed E-state index contributed by atoms with van der Waals surface area (Å²) in [6.07, 6.45) is 1.24. The van der Waals surface area contributed by atoms with E-state index in [0.29, 0.717) is 141 Å². The van der Waals surface area contributed by atoms with E-state index >= 15 is 0 Å². The van der Waals surface area contributed by atoms with Crippen LogP contribution in [-0.2, 0) is 92.5 Å². The van der Waals surface area contributed by atoms with Crippen molar-refractivity contribution in [3.63, 3.8) is 0 Å². The number of aliphatic hydroxyl groups is 1. The summed E-state index contributed by atoms with van der Waals surface area (Å²) in [6, 6.07) is 31.1. The number of hydrogen-bond acceptors (Lipinski definition) is 22. The highest BCUT2D eigenvalue weighted by Crippen LogP contribution is 2.43. The molecule has 8 N–H and O–H groups in total. The molecule has 6 aromatic rings. The molecule has 4 aliphatic rings. The maximum Gasteiger partial charge on any atom is 0.317 e. The van der Waals surface area contributed by atoms with Gasteiger partial charge in [-0.3, -0.25) is 14.5 Å². The van der Waals surface area contributed by atoms with E-state index < -0.39 is 35.6 Å². The van der Waals surface area contributed by atoms with E-state index in [2.05, 4.69) is 55.0 Å². The first-order valence-electron chi connectivity index (χ1n) is 41.6. The Balaban J connectivity index is 0.675. The van der Waals surface area contributed by atoms with Crippen molar-refractivity contribution in [1.29, 1.82) is 0 Å². The zero-order chi connectivity index (χ0) is 87.9. The van der Waals surface area contributed by atoms with Gasteiger partial charge in [-0.15, -0.1) is 0 Å². The van der Waals surface area contributed by atoms with Gasteiger partial charge in [-0.05, 0) is 176 Å². The minimum absolute atomic E-state index is 0.00937. The van der Waals surface area contributed by atoms with Crippen molar-refractivity contribution in [2.75, 3.05) is 218 Å². The van der Waals surface area contributed by atoms with E-state index in [1.54, 1.807) is 77.7 Å². The molecule has 0 saturated carbocycles. The molecule has 0 spiro atoms. The average Bonchev–Trinajstić information content (AvgIpc) is 0.776. The van der Waals surface area contributed by atoms with Crippen LogP contribution in [0, 0.1) is 0 Å². The molecule has 0 aromatic heterocycles. The van der Waals surface area contributed by atoms with Gasteiger partial charge in [0.1, 0.15) is 0 Å². The lowest BCUT2D eigenvalue weighted by Gasteiger charge is -2.40. The normalized spacial score (nSPS) is 16.9. The molecule has 29 nitrogen and oxygen atoms in total. The highest BCUT2D eigenvalue weighted by Gasteiger charge is 2.37. The Morgan fingerprint density at radius 3 is 1.14 bits per heavy atom. The number of piperazine rings is 1. The molecule has 0 aliphatic carbocycles. The molecule has 4 aliphatic heterocycles. The summed E-state index contributed by atoms with van der Waals surface area (Å²) in [5.41, 5.74) is 7.19. The molecule has 4 amide bonds. The van der Waals surface area contributed by atoms with Gasteiger partial charge < -0.3 is 79.1 Å². The van der Waals surface area contributed by atoms with Crippen molar-refractivity contribution >= 4 is 118 Å². The number of ether oxygens (including phenoxy) is 7. The summed E-state index contributed by atoms with van der Waals surface area (Å²) in [5, 5.41) is 25.0. The molecule has 123 heavy (non-hydrogen) atoms. The standard InChI is InChI=1S/C85H116Cl6N12O17S3/c1-99-55-73(70-49-64(86)52-79(89)76(70)58-99)61-8-4-11-67(46-61)121(108,109)95-23-35-117-43-40-114-32-20-92-19-7-16-85(98-84(107)103-28-26-102(27-29-103)30-38-120-39-31-104,17-14-82(105)93-21-33-115-41-44-118-36-24-96-122(110,111)68-12-5-9-62(47-68)74-56-100(2)59-77-71(74)50-65(87)53-80(77)90)18-15-83(106)94-22-34-116-42-45-119-37-25-97-123(112,113)69-13-6-10-63(48-69)75-57-101(3)60-78-72(75)51-66(88)54-81(78)91/h4-6,8-13,46-54,73-75,92,95-97,104H,7,14-45,55-60H2,1-3H3,(H,93,105)(H,94,106)(H,98,107)/t73-,74-,75-/m0/s1. The van der Waals surface area contributed by atoms with Crippen molar-refractivity contribution < 1.29 is 77.9 Å². The summed E-state index contributed by atoms with van der Waals surface area (Å²) in [5.74, 6) is -1.04. The van der Waals surface area contributed by atoms with Crippen LogP contribution < -0.4 is 35.4 Å². The quantitative estimate of drug-likeness (QED) is 0.0165. The predicted molar refractivity (Wildman–Crippen MR) is 477 cm³/mol. The van der Waals surface area contributed by atoms with Crippen LogP contribution >= 0.6 is 69.6 Å². The Morgan fingerprint density at radius 1 is 0.423 bits per heavy atom. The lowest BCUT2D eigenvalue weighted by Crippen LogP contribution is -2.58. The summed E-state index contributed by atoms with van der Waals surface area (Å²) < 4.78 is 129. The fourth-order valence-electron chi connectivity index (χ4n) is 15.7. The Kier molecular flexibility index (Phi) is 40.4. The summed E-state index contributed by atoms with van der Waals surface area (Å²) in [6.45, 7) is 10.4. The number of amides is 4. The second-order valence-electron chi connectivity index (χ2n) is 31.1. The molecule has 0 unspecified atom stereocenters. The third kappa shape index (κ3) is 31.1. The number of nitrogens with one attached hydrogen (secondary N) is 7. The number of halogens is 6. The Morgan fingerprint density at radius 2 is 0.772 bits per heavy atom. The zero-order valence-corrected chi connectivity index (χ0v) is 76.9. The summed E-state index contributed by atoms with van der Waals surface area (Å²) in [4.78, 5) is 52.9. The number of likely N-dealkylation sites (N-methyl/N-ethyl adjacent to an activating group) is 3. The first kappa shape index (κ1) is 99.6. The Labute approximate surface area is 753 Å². The van der Waals surface area contributed by atoms with E-state index in [0.717, 1.165) is 50.1 Å². The highest BCUT2D eigenvalue weighted by molar-refractivity contribution is 7.90. The fraction of sp³-hybridized carbons (Fsp3) is 0.541. The second-order valence-corrected chi connectivity index (χ2v) is 39.0. The van der Waals surface area contributed by atoms with Crippen LogP contribution in [0.3, 0.4) is 0 Å². The minimum atomic E-state index is -3.90. The predicted octanol–water partition coefficient (Wildman–Crippen LogP) is 8.91. The number of carbonyl (C=O) groups is 3. The van der Waals surface area contributed by atoms with Crippen LogP contribution in [-0.4, -0.2) is 297 Å². The van der Waals surface area contributed by atoms with Crippen LogP contribution in [0.4, 0.5) is 4.79 Å². The van der Waals surface area contributed by atoms with Gasteiger partial charge in [-0.2, -0.15) is 0 Å². The third-order valence-electron chi connectivity index (χ3n) is 22.0. The van der Waals surface area contributed by atoms with E-state index in [4.69, 9.17) is 103 Å². The van der Waals surface area contributed by atoms with E-state index in [9.17, 15) is 44.7 Å². The number of fused-ring (bicyclic) bond motifs is 3. The second kappa shape index (κ2) is 49.9. The van der Waals surface area contributed by atoms with Crippen LogP contribution in [0.5, 0.6) is 0 Å². The van der Waals surface area contributed by atoms with Crippen molar-refractivity contribution in [1.82, 2.24) is 59.9 Å². The first-order valence-corrected chi connectivity index (χ1v) is 48.3. The molecule has 4 heterocycles. The SMILES string of the molecule is CN1Cc2c(Cl)cc(Cl)cc2[C@H](c2cccc(S(=O)(=O)NCCOCCOCCNCCCC(CCC(=O)NCCOCCOCCNS(=O)(=O)c3cccc([C@@H]4CN(C)Cc5c(Cl)cc(Cl)cc54)c3)(CCC(=O)NCCOCCOCCNS(=O)(=O)c3cccc([C@@H]4CN(C)Cc5c(Cl)cc(Cl)cc54)c3)NC(=O)N3CCN(CCOCCO)CC3)c2)C1. The Bertz CT molecular complexity index is 4620. The van der Waals surface area contributed by atoms with Gasteiger partial charge in [-0.1, -0.05) is 106 Å². The van der Waals surface area contributed by atoms with Gasteiger partial charge in [0.15, 0.2) is 0 Å². The number of hydrogen-bond donors (Lipinski definition) is 8. The smallest absolute Gasteiger partial charge is 0.317 e. The molecule has 678 valence electrons. The molecule has 1 fully saturated rings. The largest absolute Gasteiger partial charge is 0.394 e. The molecule has 0 radical (unpaired) electrons. The number of aliphatic hydroxyl groups excluding tert-OH is 1. The van der Waals surface area contributed by atoms with Crippen LogP contribution in [0.1, 0.15) is 106 Å². The molecular formula is C85H116Cl6N12O17S3. The molecular weight excluding hydrogens is 1770 g/mol. The molecule has 1 saturated heterocycles. The average molecular weight is 1890 g/mol. The van der Waals surface area contributed by atoms with Crippen molar-refractivity contribution in [3.8, 4) is 0 Å². The van der Waals surface area contributed by atoms with Crippen molar-refractivity contribution in [3.05, 3.63) is 189 Å². The van der Waals surface area contributed by atoms with Gasteiger partial charge >= 0.3 is 6.03 Å². The van der Waals surface area contributed by atoms with Gasteiger partial charge in [-0.25, -0.2) is 44.2 Å². The van der Waals surface area contributed by atoms with Crippen molar-refractivity contribution in [2.24, 2.45) is 0 Å². The van der Waals surface area contributed by atoms with Crippen LogP contribution in [0.15, 0.2) is 124 Å². The van der Waals surface area contributed by atoms with Crippen LogP contribution in [0.2, 0.25) is 30.1 Å². The van der Waals surface area contributed by atoms with Crippen molar-refractivity contribution in [2.45, 2.75) is 96.1 Å². The number of sulfonamides is 3. The zero-order valence-electron chi connectivity index (χ0n) is 69.9. The number of urea groups is 1. The fourth-order valence-corrected chi connectivity index (χ4v) is 20.6. The van der Waals surface area contributed by atoms with E-state index in [-0.39, 0.29) is 195 Å². The first-order chi connectivity index (χ1) is 59.1. The molecule has 38 heteroatoms. The van der Waals surface area contributed by atoms with Gasteiger partial charge in [0.05, 0.1) is 114 Å². The number of benzene rings is 6. The maximum atomic E-state index is 14.5. The minimum Gasteiger partial charge on any atom is -0.394 e. The molecule has 0 bridgehead atoms. The number of nitrogens with zero attached hydrogens (tertiary/aromatic N) is 5. The Hall–Kier alpha value is -5.52. The van der Waals surface area contributed by atoms with Gasteiger partial charge in [0, 0.05) is 178 Å². The van der Waals surface area contributed by atoms with E-state index in [1.165, 1.54) is 0 Å². The lowest BCUT2D eigenvalue weighted by atomic mass is 9.83. The van der Waals surface area contributed by atoms with Gasteiger partial charge in [0.25, 0.3) is 0 Å². The lowest BCUT2D eigenvalue weighted by molar-refractivity contribution is -0.121. The number of carbonyl (C=O) groups excluding carboxylic acids is 3. The van der Waals surface area contributed by atoms with Gasteiger partial charge in [0.2, 0.25) is 41.9 Å². The monoisotopic (exact) mass is 1880 g/mol. The maximum absolute atomic E-state index is 14.5.